The van der Waals surface area contributed by atoms with Gasteiger partial charge in [0.25, 0.3) is 0 Å². The molecule has 2 rings (SSSR count). The highest BCUT2D eigenvalue weighted by Gasteiger charge is 2.16. The quantitative estimate of drug-likeness (QED) is 0.791. The molecule has 122 valence electrons. The molecule has 0 aromatic rings. The van der Waals surface area contributed by atoms with Crippen molar-refractivity contribution in [3.05, 3.63) is 0 Å². The summed E-state index contributed by atoms with van der Waals surface area (Å²) in [5.41, 5.74) is 0. The summed E-state index contributed by atoms with van der Waals surface area (Å²) in [7, 11) is 0. The SMILES string of the molecule is CC.CC(C)C1CCCOC1.CC(C)C1CCNCC1. The predicted octanol–water partition coefficient (Wildman–Crippen LogP) is 4.74. The second kappa shape index (κ2) is 12.6. The van der Waals surface area contributed by atoms with Crippen LogP contribution in [-0.4, -0.2) is 26.3 Å². The lowest BCUT2D eigenvalue weighted by atomic mass is 9.87. The summed E-state index contributed by atoms with van der Waals surface area (Å²) in [5, 5.41) is 3.37. The van der Waals surface area contributed by atoms with Gasteiger partial charge in [-0.2, -0.15) is 0 Å². The van der Waals surface area contributed by atoms with Crippen molar-refractivity contribution in [3.63, 3.8) is 0 Å². The molecular weight excluding hydrogens is 246 g/mol. The third kappa shape index (κ3) is 8.97. The van der Waals surface area contributed by atoms with Crippen LogP contribution >= 0.6 is 0 Å². The Hall–Kier alpha value is -0.0800. The van der Waals surface area contributed by atoms with Crippen LogP contribution in [0.15, 0.2) is 0 Å². The number of nitrogens with one attached hydrogen (secondary N) is 1. The van der Waals surface area contributed by atoms with E-state index in [2.05, 4.69) is 33.0 Å². The lowest BCUT2D eigenvalue weighted by Crippen LogP contribution is -2.29. The maximum atomic E-state index is 5.34. The highest BCUT2D eigenvalue weighted by molar-refractivity contribution is 4.70. The fraction of sp³-hybridized carbons (Fsp3) is 1.00. The molecule has 2 nitrogen and oxygen atoms in total. The fourth-order valence-electron chi connectivity index (χ4n) is 2.80. The molecule has 2 fully saturated rings. The van der Waals surface area contributed by atoms with Crippen LogP contribution in [0.1, 0.15) is 67.2 Å². The highest BCUT2D eigenvalue weighted by Crippen LogP contribution is 2.21. The van der Waals surface area contributed by atoms with Gasteiger partial charge in [0.05, 0.1) is 0 Å². The van der Waals surface area contributed by atoms with Crippen LogP contribution < -0.4 is 5.32 Å². The fourth-order valence-corrected chi connectivity index (χ4v) is 2.80. The van der Waals surface area contributed by atoms with E-state index in [1.807, 2.05) is 13.8 Å². The molecule has 0 aromatic heterocycles. The summed E-state index contributed by atoms with van der Waals surface area (Å²) in [5.74, 6) is 3.53. The van der Waals surface area contributed by atoms with E-state index in [1.54, 1.807) is 0 Å². The van der Waals surface area contributed by atoms with Crippen molar-refractivity contribution in [3.8, 4) is 0 Å². The molecule has 0 amide bonds. The third-order valence-corrected chi connectivity index (χ3v) is 4.46. The van der Waals surface area contributed by atoms with Gasteiger partial charge in [-0.15, -0.1) is 0 Å². The minimum atomic E-state index is 0.810. The van der Waals surface area contributed by atoms with Gasteiger partial charge in [-0.1, -0.05) is 41.5 Å². The van der Waals surface area contributed by atoms with E-state index < -0.39 is 0 Å². The smallest absolute Gasteiger partial charge is 0.0496 e. The van der Waals surface area contributed by atoms with E-state index in [-0.39, 0.29) is 0 Å². The Morgan fingerprint density at radius 2 is 1.40 bits per heavy atom. The van der Waals surface area contributed by atoms with Crippen molar-refractivity contribution in [2.24, 2.45) is 23.7 Å². The second-order valence-electron chi connectivity index (χ2n) is 6.55. The van der Waals surface area contributed by atoms with E-state index in [0.717, 1.165) is 36.9 Å². The zero-order chi connectivity index (χ0) is 15.4. The highest BCUT2D eigenvalue weighted by atomic mass is 16.5. The maximum absolute atomic E-state index is 5.34. The molecule has 1 unspecified atom stereocenters. The van der Waals surface area contributed by atoms with Crippen molar-refractivity contribution < 1.29 is 4.74 Å². The third-order valence-electron chi connectivity index (χ3n) is 4.46. The van der Waals surface area contributed by atoms with Crippen LogP contribution in [0.5, 0.6) is 0 Å². The van der Waals surface area contributed by atoms with Gasteiger partial charge in [0.2, 0.25) is 0 Å². The van der Waals surface area contributed by atoms with E-state index in [0.29, 0.717) is 0 Å². The average Bonchev–Trinajstić information content (AvgIpc) is 2.51. The Morgan fingerprint density at radius 3 is 1.70 bits per heavy atom. The molecule has 2 aliphatic heterocycles. The molecule has 0 spiro atoms. The molecule has 0 aliphatic carbocycles. The number of piperidine rings is 1. The van der Waals surface area contributed by atoms with Gasteiger partial charge in [-0.25, -0.2) is 0 Å². The largest absolute Gasteiger partial charge is 0.381 e. The first-order valence-corrected chi connectivity index (χ1v) is 8.89. The van der Waals surface area contributed by atoms with Gasteiger partial charge in [0.15, 0.2) is 0 Å². The van der Waals surface area contributed by atoms with Crippen molar-refractivity contribution >= 4 is 0 Å². The van der Waals surface area contributed by atoms with Crippen LogP contribution in [0.2, 0.25) is 0 Å². The monoisotopic (exact) mass is 285 g/mol. The number of rotatable bonds is 2. The molecule has 2 aliphatic rings. The first-order chi connectivity index (χ1) is 9.61. The standard InChI is InChI=1S/C8H17N.C8H16O.C2H6/c1-7(2)8-3-5-9-6-4-8;1-7(2)8-4-3-5-9-6-8;1-2/h7-9H,3-6H2,1-2H3;7-8H,3-6H2,1-2H3;1-2H3. The number of hydrogen-bond acceptors (Lipinski definition) is 2. The van der Waals surface area contributed by atoms with Crippen LogP contribution in [-0.2, 0) is 4.74 Å². The Morgan fingerprint density at radius 1 is 0.850 bits per heavy atom. The molecule has 1 atom stereocenters. The van der Waals surface area contributed by atoms with Crippen LogP contribution in [0.25, 0.3) is 0 Å². The van der Waals surface area contributed by atoms with Crippen molar-refractivity contribution in [1.29, 1.82) is 0 Å². The van der Waals surface area contributed by atoms with Gasteiger partial charge in [-0.05, 0) is 62.4 Å². The molecule has 1 N–H and O–H groups in total. The molecule has 2 heteroatoms. The average molecular weight is 286 g/mol. The topological polar surface area (TPSA) is 21.3 Å². The maximum Gasteiger partial charge on any atom is 0.0496 e. The summed E-state index contributed by atoms with van der Waals surface area (Å²) in [6.07, 6.45) is 5.41. The first kappa shape index (κ1) is 19.9. The predicted molar refractivity (Wildman–Crippen MR) is 90.2 cm³/mol. The molecule has 0 saturated carbocycles. The molecular formula is C18H39NO. The Kier molecular flexibility index (Phi) is 12.6. The molecule has 2 saturated heterocycles. The minimum absolute atomic E-state index is 0.810. The van der Waals surface area contributed by atoms with E-state index >= 15 is 0 Å². The van der Waals surface area contributed by atoms with Crippen LogP contribution in [0.3, 0.4) is 0 Å². The Balaban J connectivity index is 0.000000321. The summed E-state index contributed by atoms with van der Waals surface area (Å²) in [6.45, 7) is 17.7. The van der Waals surface area contributed by atoms with E-state index in [1.165, 1.54) is 38.8 Å². The van der Waals surface area contributed by atoms with Gasteiger partial charge in [0.1, 0.15) is 0 Å². The lowest BCUT2D eigenvalue weighted by molar-refractivity contribution is 0.0373. The Bertz CT molecular complexity index is 170. The lowest BCUT2D eigenvalue weighted by Gasteiger charge is -2.25. The zero-order valence-corrected chi connectivity index (χ0v) is 14.9. The van der Waals surface area contributed by atoms with Crippen molar-refractivity contribution in [2.45, 2.75) is 67.2 Å². The van der Waals surface area contributed by atoms with E-state index in [9.17, 15) is 0 Å². The summed E-state index contributed by atoms with van der Waals surface area (Å²) in [6, 6.07) is 0. The van der Waals surface area contributed by atoms with Crippen molar-refractivity contribution in [2.75, 3.05) is 26.3 Å². The summed E-state index contributed by atoms with van der Waals surface area (Å²) in [4.78, 5) is 0. The number of hydrogen-bond donors (Lipinski definition) is 1. The van der Waals surface area contributed by atoms with E-state index in [4.69, 9.17) is 4.74 Å². The summed E-state index contributed by atoms with van der Waals surface area (Å²) >= 11 is 0. The van der Waals surface area contributed by atoms with Crippen LogP contribution in [0, 0.1) is 23.7 Å². The first-order valence-electron chi connectivity index (χ1n) is 8.89. The normalized spacial score (nSPS) is 23.7. The zero-order valence-electron chi connectivity index (χ0n) is 14.9. The molecule has 0 aromatic carbocycles. The summed E-state index contributed by atoms with van der Waals surface area (Å²) < 4.78 is 5.34. The molecule has 20 heavy (non-hydrogen) atoms. The van der Waals surface area contributed by atoms with Crippen molar-refractivity contribution in [1.82, 2.24) is 5.32 Å². The van der Waals surface area contributed by atoms with Gasteiger partial charge < -0.3 is 10.1 Å². The Labute approximate surface area is 128 Å². The molecule has 2 heterocycles. The van der Waals surface area contributed by atoms with Crippen LogP contribution in [0.4, 0.5) is 0 Å². The minimum Gasteiger partial charge on any atom is -0.381 e. The second-order valence-corrected chi connectivity index (χ2v) is 6.55. The molecule has 0 bridgehead atoms. The van der Waals surface area contributed by atoms with Gasteiger partial charge in [-0.3, -0.25) is 0 Å². The van der Waals surface area contributed by atoms with Gasteiger partial charge >= 0.3 is 0 Å². The van der Waals surface area contributed by atoms with Gasteiger partial charge in [0, 0.05) is 13.2 Å². The number of ether oxygens (including phenoxy) is 1. The molecule has 0 radical (unpaired) electrons.